The van der Waals surface area contributed by atoms with Crippen molar-refractivity contribution in [3.8, 4) is 5.75 Å². The van der Waals surface area contributed by atoms with Gasteiger partial charge in [-0.1, -0.05) is 0 Å². The Balaban J connectivity index is 2.69. The van der Waals surface area contributed by atoms with Gasteiger partial charge in [-0.2, -0.15) is 0 Å². The Morgan fingerprint density at radius 2 is 1.87 bits per heavy atom. The molecule has 0 amide bonds. The summed E-state index contributed by atoms with van der Waals surface area (Å²) < 4.78 is 5.04. The zero-order valence-corrected chi connectivity index (χ0v) is 9.20. The molecule has 3 nitrogen and oxygen atoms in total. The van der Waals surface area contributed by atoms with Crippen LogP contribution in [0.3, 0.4) is 0 Å². The molecule has 0 aliphatic heterocycles. The minimum Gasteiger partial charge on any atom is -0.497 e. The molecule has 0 heterocycles. The van der Waals surface area contributed by atoms with Gasteiger partial charge in [0.25, 0.3) is 0 Å². The normalized spacial score (nSPS) is 11.0. The van der Waals surface area contributed by atoms with Gasteiger partial charge in [-0.05, 0) is 44.2 Å². The topological polar surface area (TPSA) is 38.3 Å². The van der Waals surface area contributed by atoms with E-state index in [1.54, 1.807) is 13.2 Å². The summed E-state index contributed by atoms with van der Waals surface area (Å²) in [4.78, 5) is 10.8. The molecule has 0 aliphatic carbocycles. The lowest BCUT2D eigenvalue weighted by molar-refractivity contribution is -0.112. The van der Waals surface area contributed by atoms with Crippen molar-refractivity contribution in [3.63, 3.8) is 0 Å². The van der Waals surface area contributed by atoms with Gasteiger partial charge >= 0.3 is 0 Å². The number of anilines is 1. The monoisotopic (exact) mass is 205 g/mol. The average Bonchev–Trinajstić information content (AvgIpc) is 2.17. The maximum atomic E-state index is 10.8. The second-order valence-electron chi connectivity index (χ2n) is 3.29. The molecule has 15 heavy (non-hydrogen) atoms. The summed E-state index contributed by atoms with van der Waals surface area (Å²) in [5, 5.41) is 3.11. The number of benzene rings is 1. The number of hydrogen-bond donors (Lipinski definition) is 1. The van der Waals surface area contributed by atoms with Crippen LogP contribution in [0.15, 0.2) is 36.0 Å². The number of carbonyl (C=O) groups is 1. The first kappa shape index (κ1) is 11.3. The van der Waals surface area contributed by atoms with Crippen LogP contribution in [0.25, 0.3) is 0 Å². The molecule has 0 spiro atoms. The third kappa shape index (κ3) is 3.85. The average molecular weight is 205 g/mol. The molecule has 0 bridgehead atoms. The smallest absolute Gasteiger partial charge is 0.154 e. The van der Waals surface area contributed by atoms with Gasteiger partial charge in [0.1, 0.15) is 5.75 Å². The molecule has 80 valence electrons. The van der Waals surface area contributed by atoms with Gasteiger partial charge in [-0.3, -0.25) is 4.79 Å². The number of ether oxygens (including phenoxy) is 1. The van der Waals surface area contributed by atoms with Gasteiger partial charge in [0.15, 0.2) is 5.78 Å². The number of hydrogen-bond acceptors (Lipinski definition) is 3. The number of allylic oxidation sites excluding steroid dienone is 2. The molecule has 1 aromatic rings. The fraction of sp³-hybridized carbons (Fsp3) is 0.250. The van der Waals surface area contributed by atoms with Crippen molar-refractivity contribution in [2.75, 3.05) is 12.4 Å². The van der Waals surface area contributed by atoms with E-state index in [2.05, 4.69) is 5.32 Å². The summed E-state index contributed by atoms with van der Waals surface area (Å²) >= 11 is 0. The van der Waals surface area contributed by atoms with E-state index in [-0.39, 0.29) is 5.78 Å². The van der Waals surface area contributed by atoms with E-state index in [0.717, 1.165) is 17.1 Å². The highest BCUT2D eigenvalue weighted by atomic mass is 16.5. The van der Waals surface area contributed by atoms with Gasteiger partial charge in [-0.15, -0.1) is 0 Å². The SMILES string of the molecule is COc1ccc(NC(C)=CC(C)=O)cc1. The van der Waals surface area contributed by atoms with Crippen LogP contribution in [0, 0.1) is 0 Å². The van der Waals surface area contributed by atoms with Crippen LogP contribution in [-0.2, 0) is 4.79 Å². The molecular formula is C12H15NO2. The van der Waals surface area contributed by atoms with E-state index in [1.807, 2.05) is 31.2 Å². The standard InChI is InChI=1S/C12H15NO2/c1-9(8-10(2)14)13-11-4-6-12(15-3)7-5-11/h4-8,13H,1-3H3. The molecule has 0 saturated heterocycles. The minimum absolute atomic E-state index is 0.0357. The zero-order valence-electron chi connectivity index (χ0n) is 9.20. The molecule has 0 radical (unpaired) electrons. The molecule has 0 aromatic heterocycles. The highest BCUT2D eigenvalue weighted by Crippen LogP contribution is 2.16. The van der Waals surface area contributed by atoms with Crippen LogP contribution in [0.1, 0.15) is 13.8 Å². The third-order valence-electron chi connectivity index (χ3n) is 1.85. The molecule has 0 fully saturated rings. The minimum atomic E-state index is 0.0357. The Labute approximate surface area is 89.8 Å². The molecule has 1 aromatic carbocycles. The lowest BCUT2D eigenvalue weighted by Crippen LogP contribution is -1.98. The highest BCUT2D eigenvalue weighted by Gasteiger charge is 1.95. The molecule has 1 N–H and O–H groups in total. The Kier molecular flexibility index (Phi) is 3.92. The first-order valence-electron chi connectivity index (χ1n) is 4.72. The van der Waals surface area contributed by atoms with Crippen LogP contribution in [0.4, 0.5) is 5.69 Å². The molecule has 0 saturated carbocycles. The summed E-state index contributed by atoms with van der Waals surface area (Å²) in [6.07, 6.45) is 1.56. The van der Waals surface area contributed by atoms with E-state index < -0.39 is 0 Å². The number of methoxy groups -OCH3 is 1. The summed E-state index contributed by atoms with van der Waals surface area (Å²) in [6, 6.07) is 7.53. The van der Waals surface area contributed by atoms with Gasteiger partial charge in [0, 0.05) is 11.4 Å². The van der Waals surface area contributed by atoms with Crippen molar-refractivity contribution in [3.05, 3.63) is 36.0 Å². The Morgan fingerprint density at radius 3 is 2.33 bits per heavy atom. The predicted octanol–water partition coefficient (Wildman–Crippen LogP) is 2.60. The number of nitrogens with one attached hydrogen (secondary N) is 1. The largest absolute Gasteiger partial charge is 0.497 e. The van der Waals surface area contributed by atoms with Crippen LogP contribution >= 0.6 is 0 Å². The van der Waals surface area contributed by atoms with Crippen molar-refractivity contribution in [1.29, 1.82) is 0 Å². The van der Waals surface area contributed by atoms with Crippen LogP contribution < -0.4 is 10.1 Å². The quantitative estimate of drug-likeness (QED) is 0.768. The van der Waals surface area contributed by atoms with Crippen LogP contribution in [-0.4, -0.2) is 12.9 Å². The van der Waals surface area contributed by atoms with Crippen molar-refractivity contribution in [1.82, 2.24) is 0 Å². The van der Waals surface area contributed by atoms with Crippen LogP contribution in [0.5, 0.6) is 5.75 Å². The molecule has 1 rings (SSSR count). The van der Waals surface area contributed by atoms with Gasteiger partial charge in [0.05, 0.1) is 7.11 Å². The number of carbonyl (C=O) groups excluding carboxylic acids is 1. The van der Waals surface area contributed by atoms with Crippen molar-refractivity contribution >= 4 is 11.5 Å². The highest BCUT2D eigenvalue weighted by molar-refractivity contribution is 5.88. The molecule has 0 unspecified atom stereocenters. The van der Waals surface area contributed by atoms with E-state index in [9.17, 15) is 4.79 Å². The lowest BCUT2D eigenvalue weighted by Gasteiger charge is -2.06. The summed E-state index contributed by atoms with van der Waals surface area (Å²) in [5.74, 6) is 0.849. The maximum Gasteiger partial charge on any atom is 0.154 e. The van der Waals surface area contributed by atoms with Gasteiger partial charge in [0.2, 0.25) is 0 Å². The molecule has 0 aliphatic rings. The Hall–Kier alpha value is -1.77. The first-order chi connectivity index (χ1) is 7.11. The zero-order chi connectivity index (χ0) is 11.3. The van der Waals surface area contributed by atoms with E-state index in [0.29, 0.717) is 0 Å². The Bertz CT molecular complexity index is 366. The van der Waals surface area contributed by atoms with Gasteiger partial charge < -0.3 is 10.1 Å². The van der Waals surface area contributed by atoms with Crippen LogP contribution in [0.2, 0.25) is 0 Å². The summed E-state index contributed by atoms with van der Waals surface area (Å²) in [7, 11) is 1.63. The maximum absolute atomic E-state index is 10.8. The van der Waals surface area contributed by atoms with Crippen molar-refractivity contribution in [2.24, 2.45) is 0 Å². The summed E-state index contributed by atoms with van der Waals surface area (Å²) in [5.41, 5.74) is 1.76. The predicted molar refractivity (Wildman–Crippen MR) is 61.1 cm³/mol. The third-order valence-corrected chi connectivity index (χ3v) is 1.85. The fourth-order valence-electron chi connectivity index (χ4n) is 1.24. The lowest BCUT2D eigenvalue weighted by atomic mass is 10.2. The van der Waals surface area contributed by atoms with Crippen molar-refractivity contribution < 1.29 is 9.53 Å². The first-order valence-corrected chi connectivity index (χ1v) is 4.72. The van der Waals surface area contributed by atoms with Gasteiger partial charge in [-0.25, -0.2) is 0 Å². The van der Waals surface area contributed by atoms with E-state index in [1.165, 1.54) is 6.92 Å². The second kappa shape index (κ2) is 5.20. The molecule has 3 heteroatoms. The van der Waals surface area contributed by atoms with E-state index in [4.69, 9.17) is 4.74 Å². The molecule has 0 atom stereocenters. The van der Waals surface area contributed by atoms with E-state index >= 15 is 0 Å². The van der Waals surface area contributed by atoms with Crippen molar-refractivity contribution in [2.45, 2.75) is 13.8 Å². The number of rotatable bonds is 4. The molecular weight excluding hydrogens is 190 g/mol. The number of ketones is 1. The summed E-state index contributed by atoms with van der Waals surface area (Å²) in [6.45, 7) is 3.38. The fourth-order valence-corrected chi connectivity index (χ4v) is 1.24. The Morgan fingerprint density at radius 1 is 1.27 bits per heavy atom. The second-order valence-corrected chi connectivity index (χ2v) is 3.29.